The number of hydrogen-bond donors (Lipinski definition) is 1. The van der Waals surface area contributed by atoms with Gasteiger partial charge < -0.3 is 5.11 Å². The predicted octanol–water partition coefficient (Wildman–Crippen LogP) is 2.54. The van der Waals surface area contributed by atoms with E-state index in [0.29, 0.717) is 6.42 Å². The van der Waals surface area contributed by atoms with Gasteiger partial charge in [0.2, 0.25) is 0 Å². The zero-order chi connectivity index (χ0) is 12.3. The van der Waals surface area contributed by atoms with Crippen LogP contribution in [-0.2, 0) is 0 Å². The normalized spacial score (nSPS) is 20.9. The zero-order valence-corrected chi connectivity index (χ0v) is 12.0. The van der Waals surface area contributed by atoms with Crippen molar-refractivity contribution in [3.63, 3.8) is 0 Å². The number of rotatable bonds is 5. The molecule has 2 rings (SSSR count). The maximum absolute atomic E-state index is 11.9. The maximum Gasteiger partial charge on any atom is 0.174 e. The molecule has 5 heteroatoms. The molecule has 1 aromatic heterocycles. The summed E-state index contributed by atoms with van der Waals surface area (Å²) in [4.78, 5) is 14.9. The first-order chi connectivity index (χ1) is 8.20. The fourth-order valence-corrected chi connectivity index (χ4v) is 3.58. The summed E-state index contributed by atoms with van der Waals surface area (Å²) in [7, 11) is 0. The molecule has 0 amide bonds. The number of halogens is 1. The molecule has 0 spiro atoms. The van der Waals surface area contributed by atoms with E-state index in [4.69, 9.17) is 0 Å². The Bertz CT molecular complexity index is 394. The van der Waals surface area contributed by atoms with Gasteiger partial charge in [0.1, 0.15) is 0 Å². The molecule has 1 N–H and O–H groups in total. The summed E-state index contributed by atoms with van der Waals surface area (Å²) in [5.74, 6) is 0.198. The van der Waals surface area contributed by atoms with E-state index in [1.807, 2.05) is 12.1 Å². The Morgan fingerprint density at radius 1 is 1.59 bits per heavy atom. The van der Waals surface area contributed by atoms with Crippen LogP contribution in [0.25, 0.3) is 0 Å². The molecule has 1 aromatic rings. The van der Waals surface area contributed by atoms with Crippen LogP contribution in [0.2, 0.25) is 0 Å². The molecular weight excluding hydrogens is 302 g/mol. The molecule has 17 heavy (non-hydrogen) atoms. The number of nitrogens with zero attached hydrogens (tertiary/aromatic N) is 1. The Kier molecular flexibility index (Phi) is 4.73. The Balaban J connectivity index is 1.84. The third kappa shape index (κ3) is 3.37. The third-order valence-electron chi connectivity index (χ3n) is 3.18. The van der Waals surface area contributed by atoms with E-state index in [2.05, 4.69) is 20.8 Å². The Morgan fingerprint density at radius 3 is 3.06 bits per heavy atom. The van der Waals surface area contributed by atoms with Gasteiger partial charge in [-0.2, -0.15) is 0 Å². The highest BCUT2D eigenvalue weighted by Gasteiger charge is 2.24. The first-order valence-electron chi connectivity index (χ1n) is 5.84. The van der Waals surface area contributed by atoms with Gasteiger partial charge in [-0.05, 0) is 47.4 Å². The quantitative estimate of drug-likeness (QED) is 0.848. The Hall–Kier alpha value is -0.230. The lowest BCUT2D eigenvalue weighted by atomic mass is 10.2. The summed E-state index contributed by atoms with van der Waals surface area (Å²) < 4.78 is 0.996. The number of thiophene rings is 1. The van der Waals surface area contributed by atoms with Gasteiger partial charge in [-0.25, -0.2) is 0 Å². The second-order valence-electron chi connectivity index (χ2n) is 4.29. The van der Waals surface area contributed by atoms with Gasteiger partial charge in [0.25, 0.3) is 0 Å². The van der Waals surface area contributed by atoms with Crippen LogP contribution in [0, 0.1) is 0 Å². The number of likely N-dealkylation sites (tertiary alicyclic amines) is 1. The van der Waals surface area contributed by atoms with Crippen molar-refractivity contribution in [2.45, 2.75) is 25.3 Å². The first kappa shape index (κ1) is 13.2. The molecule has 1 aliphatic rings. The molecule has 0 bridgehead atoms. The summed E-state index contributed by atoms with van der Waals surface area (Å²) in [5.41, 5.74) is 0. The van der Waals surface area contributed by atoms with Gasteiger partial charge in [0.15, 0.2) is 5.78 Å². The lowest BCUT2D eigenvalue weighted by Crippen LogP contribution is -2.33. The smallest absolute Gasteiger partial charge is 0.174 e. The number of ketones is 1. The van der Waals surface area contributed by atoms with Gasteiger partial charge in [-0.3, -0.25) is 9.69 Å². The average Bonchev–Trinajstić information content (AvgIpc) is 2.94. The Labute approximate surface area is 114 Å². The van der Waals surface area contributed by atoms with Crippen LogP contribution < -0.4 is 0 Å². The molecule has 1 saturated heterocycles. The molecule has 1 unspecified atom stereocenters. The molecule has 0 radical (unpaired) electrons. The largest absolute Gasteiger partial charge is 0.395 e. The second kappa shape index (κ2) is 6.09. The van der Waals surface area contributed by atoms with Crippen molar-refractivity contribution in [3.8, 4) is 0 Å². The van der Waals surface area contributed by atoms with Crippen molar-refractivity contribution < 1.29 is 9.90 Å². The molecule has 0 saturated carbocycles. The molecule has 1 aliphatic heterocycles. The summed E-state index contributed by atoms with van der Waals surface area (Å²) in [6.07, 6.45) is 2.72. The van der Waals surface area contributed by atoms with E-state index in [1.54, 1.807) is 0 Å². The minimum Gasteiger partial charge on any atom is -0.395 e. The van der Waals surface area contributed by atoms with Crippen molar-refractivity contribution in [1.29, 1.82) is 0 Å². The zero-order valence-electron chi connectivity index (χ0n) is 9.56. The summed E-state index contributed by atoms with van der Waals surface area (Å²) >= 11 is 4.85. The maximum atomic E-state index is 11.9. The number of Topliss-reactive ketones (excluding diaryl/α,β-unsaturated/α-hetero) is 1. The van der Waals surface area contributed by atoms with E-state index in [1.165, 1.54) is 11.3 Å². The van der Waals surface area contributed by atoms with Crippen LogP contribution in [-0.4, -0.2) is 41.5 Å². The minimum absolute atomic E-state index is 0.198. The lowest BCUT2D eigenvalue weighted by molar-refractivity contribution is 0.0949. The van der Waals surface area contributed by atoms with E-state index in [0.717, 1.165) is 34.6 Å². The van der Waals surface area contributed by atoms with E-state index < -0.39 is 0 Å². The highest BCUT2D eigenvalue weighted by atomic mass is 79.9. The summed E-state index contributed by atoms with van der Waals surface area (Å²) in [6.45, 7) is 1.98. The van der Waals surface area contributed by atoms with Crippen LogP contribution in [0.1, 0.15) is 28.9 Å². The molecule has 1 atom stereocenters. The van der Waals surface area contributed by atoms with E-state index >= 15 is 0 Å². The summed E-state index contributed by atoms with van der Waals surface area (Å²) in [5, 5.41) is 9.19. The second-order valence-corrected chi connectivity index (χ2v) is 6.75. The highest BCUT2D eigenvalue weighted by Crippen LogP contribution is 2.24. The van der Waals surface area contributed by atoms with Crippen LogP contribution in [0.5, 0.6) is 0 Å². The molecule has 0 aromatic carbocycles. The highest BCUT2D eigenvalue weighted by molar-refractivity contribution is 9.11. The van der Waals surface area contributed by atoms with E-state index in [9.17, 15) is 9.90 Å². The monoisotopic (exact) mass is 317 g/mol. The van der Waals surface area contributed by atoms with E-state index in [-0.39, 0.29) is 18.4 Å². The SMILES string of the molecule is O=C(CCN1CCCC1CO)c1ccc(Br)s1. The van der Waals surface area contributed by atoms with Gasteiger partial charge in [-0.15, -0.1) is 11.3 Å². The van der Waals surface area contributed by atoms with Crippen molar-refractivity contribution in [1.82, 2.24) is 4.90 Å². The predicted molar refractivity (Wildman–Crippen MR) is 72.6 cm³/mol. The first-order valence-corrected chi connectivity index (χ1v) is 7.45. The van der Waals surface area contributed by atoms with Crippen LogP contribution >= 0.6 is 27.3 Å². The van der Waals surface area contributed by atoms with Crippen LogP contribution in [0.4, 0.5) is 0 Å². The number of aliphatic hydroxyl groups excluding tert-OH is 1. The lowest BCUT2D eigenvalue weighted by Gasteiger charge is -2.21. The average molecular weight is 318 g/mol. The molecular formula is C12H16BrNO2S. The molecule has 1 fully saturated rings. The van der Waals surface area contributed by atoms with Crippen molar-refractivity contribution in [2.75, 3.05) is 19.7 Å². The van der Waals surface area contributed by atoms with Gasteiger partial charge in [0, 0.05) is 19.0 Å². The summed E-state index contributed by atoms with van der Waals surface area (Å²) in [6, 6.07) is 4.03. The van der Waals surface area contributed by atoms with Crippen LogP contribution in [0.3, 0.4) is 0 Å². The van der Waals surface area contributed by atoms with Crippen LogP contribution in [0.15, 0.2) is 15.9 Å². The van der Waals surface area contributed by atoms with Gasteiger partial charge >= 0.3 is 0 Å². The molecule has 3 nitrogen and oxygen atoms in total. The Morgan fingerprint density at radius 2 is 2.41 bits per heavy atom. The standard InChI is InChI=1S/C12H16BrNO2S/c13-12-4-3-11(17-12)10(16)5-7-14-6-1-2-9(14)8-15/h3-4,9,15H,1-2,5-8H2. The number of hydrogen-bond acceptors (Lipinski definition) is 4. The number of carbonyl (C=O) groups excluding carboxylic acids is 1. The van der Waals surface area contributed by atoms with Crippen molar-refractivity contribution in [3.05, 3.63) is 20.8 Å². The minimum atomic E-state index is 0.198. The topological polar surface area (TPSA) is 40.5 Å². The van der Waals surface area contributed by atoms with Gasteiger partial charge in [0.05, 0.1) is 15.3 Å². The third-order valence-corrected chi connectivity index (χ3v) is 4.85. The fraction of sp³-hybridized carbons (Fsp3) is 0.583. The molecule has 94 valence electrons. The molecule has 0 aliphatic carbocycles. The van der Waals surface area contributed by atoms with Gasteiger partial charge in [-0.1, -0.05) is 0 Å². The number of aliphatic hydroxyl groups is 1. The van der Waals surface area contributed by atoms with Crippen molar-refractivity contribution >= 4 is 33.0 Å². The van der Waals surface area contributed by atoms with Crippen molar-refractivity contribution in [2.24, 2.45) is 0 Å². The fourth-order valence-electron chi connectivity index (χ4n) is 2.23. The molecule has 2 heterocycles. The number of carbonyl (C=O) groups is 1.